The van der Waals surface area contributed by atoms with E-state index in [0.29, 0.717) is 0 Å². The van der Waals surface area contributed by atoms with Gasteiger partial charge in [0.25, 0.3) is 0 Å². The Morgan fingerprint density at radius 2 is 2.00 bits per heavy atom. The Morgan fingerprint density at radius 1 is 1.35 bits per heavy atom. The SMILES string of the molecule is COC(=O)C(c1ccccc1Br)N1CCCC1. The number of hydrogen-bond donors (Lipinski definition) is 0. The highest BCUT2D eigenvalue weighted by molar-refractivity contribution is 9.10. The molecule has 1 aromatic rings. The molecule has 92 valence electrons. The molecular formula is C13H16BrNO2. The van der Waals surface area contributed by atoms with E-state index in [2.05, 4.69) is 20.8 Å². The van der Waals surface area contributed by atoms with Crippen molar-refractivity contribution in [2.24, 2.45) is 0 Å². The van der Waals surface area contributed by atoms with E-state index < -0.39 is 0 Å². The number of ether oxygens (including phenoxy) is 1. The lowest BCUT2D eigenvalue weighted by molar-refractivity contribution is -0.146. The molecule has 1 atom stereocenters. The van der Waals surface area contributed by atoms with Crippen LogP contribution in [0.1, 0.15) is 24.4 Å². The average Bonchev–Trinajstić information content (AvgIpc) is 2.85. The number of hydrogen-bond acceptors (Lipinski definition) is 3. The number of carbonyl (C=O) groups is 1. The molecule has 4 heteroatoms. The van der Waals surface area contributed by atoms with E-state index in [4.69, 9.17) is 4.74 Å². The predicted molar refractivity (Wildman–Crippen MR) is 69.7 cm³/mol. The summed E-state index contributed by atoms with van der Waals surface area (Å²) in [4.78, 5) is 14.2. The second kappa shape index (κ2) is 5.65. The van der Waals surface area contributed by atoms with Crippen molar-refractivity contribution in [3.8, 4) is 0 Å². The molecule has 1 unspecified atom stereocenters. The van der Waals surface area contributed by atoms with Gasteiger partial charge in [-0.3, -0.25) is 4.90 Å². The number of methoxy groups -OCH3 is 1. The third-order valence-electron chi connectivity index (χ3n) is 3.13. The van der Waals surface area contributed by atoms with E-state index in [1.54, 1.807) is 0 Å². The number of likely N-dealkylation sites (tertiary alicyclic amines) is 1. The first-order valence-electron chi connectivity index (χ1n) is 5.80. The van der Waals surface area contributed by atoms with Gasteiger partial charge < -0.3 is 4.74 Å². The standard InChI is InChI=1S/C13H16BrNO2/c1-17-13(16)12(15-8-4-5-9-15)10-6-2-3-7-11(10)14/h2-3,6-7,12H,4-5,8-9H2,1H3. The van der Waals surface area contributed by atoms with Gasteiger partial charge in [-0.05, 0) is 37.6 Å². The molecule has 1 aliphatic rings. The first kappa shape index (κ1) is 12.6. The zero-order valence-corrected chi connectivity index (χ0v) is 11.4. The van der Waals surface area contributed by atoms with Gasteiger partial charge in [0, 0.05) is 4.47 Å². The van der Waals surface area contributed by atoms with Crippen LogP contribution >= 0.6 is 15.9 Å². The minimum atomic E-state index is -0.280. The normalized spacial score (nSPS) is 18.0. The van der Waals surface area contributed by atoms with E-state index in [1.165, 1.54) is 7.11 Å². The number of nitrogens with zero attached hydrogens (tertiary/aromatic N) is 1. The lowest BCUT2D eigenvalue weighted by atomic mass is 10.1. The van der Waals surface area contributed by atoms with Gasteiger partial charge in [-0.25, -0.2) is 4.79 Å². The molecule has 3 nitrogen and oxygen atoms in total. The van der Waals surface area contributed by atoms with Crippen molar-refractivity contribution in [2.45, 2.75) is 18.9 Å². The van der Waals surface area contributed by atoms with Gasteiger partial charge in [-0.2, -0.15) is 0 Å². The van der Waals surface area contributed by atoms with Gasteiger partial charge in [-0.1, -0.05) is 34.1 Å². The molecule has 1 aliphatic heterocycles. The Morgan fingerprint density at radius 3 is 2.59 bits per heavy atom. The van der Waals surface area contributed by atoms with Gasteiger partial charge in [0.05, 0.1) is 7.11 Å². The molecule has 1 aromatic carbocycles. The molecule has 0 N–H and O–H groups in total. The smallest absolute Gasteiger partial charge is 0.327 e. The van der Waals surface area contributed by atoms with Crippen LogP contribution in [0, 0.1) is 0 Å². The lowest BCUT2D eigenvalue weighted by Gasteiger charge is -2.26. The summed E-state index contributed by atoms with van der Waals surface area (Å²) in [6, 6.07) is 7.56. The maximum Gasteiger partial charge on any atom is 0.327 e. The average molecular weight is 298 g/mol. The highest BCUT2D eigenvalue weighted by Crippen LogP contribution is 2.31. The van der Waals surface area contributed by atoms with Gasteiger partial charge in [0.15, 0.2) is 0 Å². The maximum atomic E-state index is 12.0. The quantitative estimate of drug-likeness (QED) is 0.804. The van der Waals surface area contributed by atoms with Crippen LogP contribution in [0.3, 0.4) is 0 Å². The van der Waals surface area contributed by atoms with Crippen molar-refractivity contribution in [1.82, 2.24) is 4.90 Å². The van der Waals surface area contributed by atoms with Crippen molar-refractivity contribution in [2.75, 3.05) is 20.2 Å². The summed E-state index contributed by atoms with van der Waals surface area (Å²) in [7, 11) is 1.45. The van der Waals surface area contributed by atoms with Crippen LogP contribution in [0.5, 0.6) is 0 Å². The number of esters is 1. The summed E-state index contributed by atoms with van der Waals surface area (Å²) in [6.45, 7) is 1.92. The Balaban J connectivity index is 2.32. The lowest BCUT2D eigenvalue weighted by Crippen LogP contribution is -2.32. The fraction of sp³-hybridized carbons (Fsp3) is 0.462. The summed E-state index contributed by atoms with van der Waals surface area (Å²) < 4.78 is 5.89. The molecule has 1 fully saturated rings. The Labute approximate surface area is 110 Å². The number of rotatable bonds is 3. The summed E-state index contributed by atoms with van der Waals surface area (Å²) >= 11 is 3.51. The summed E-state index contributed by atoms with van der Waals surface area (Å²) in [6.07, 6.45) is 2.30. The van der Waals surface area contributed by atoms with Crippen molar-refractivity contribution in [1.29, 1.82) is 0 Å². The van der Waals surface area contributed by atoms with Gasteiger partial charge in [0.1, 0.15) is 6.04 Å². The first-order chi connectivity index (χ1) is 8.24. The van der Waals surface area contributed by atoms with Crippen molar-refractivity contribution >= 4 is 21.9 Å². The van der Waals surface area contributed by atoms with Crippen LogP contribution in [0.25, 0.3) is 0 Å². The zero-order valence-electron chi connectivity index (χ0n) is 9.86. The second-order valence-electron chi connectivity index (χ2n) is 4.19. The molecule has 0 aliphatic carbocycles. The Bertz CT molecular complexity index is 402. The first-order valence-corrected chi connectivity index (χ1v) is 6.59. The maximum absolute atomic E-state index is 12.0. The third kappa shape index (κ3) is 2.69. The number of benzene rings is 1. The molecule has 0 amide bonds. The van der Waals surface area contributed by atoms with Crippen molar-refractivity contribution in [3.63, 3.8) is 0 Å². The van der Waals surface area contributed by atoms with Gasteiger partial charge in [-0.15, -0.1) is 0 Å². The van der Waals surface area contributed by atoms with Crippen LogP contribution in [0.2, 0.25) is 0 Å². The third-order valence-corrected chi connectivity index (χ3v) is 3.85. The molecule has 0 aromatic heterocycles. The molecule has 0 saturated carbocycles. The predicted octanol–water partition coefficient (Wildman–Crippen LogP) is 2.76. The highest BCUT2D eigenvalue weighted by Gasteiger charge is 2.31. The number of carbonyl (C=O) groups excluding carboxylic acids is 1. The molecule has 0 spiro atoms. The Kier molecular flexibility index (Phi) is 4.18. The van der Waals surface area contributed by atoms with E-state index in [0.717, 1.165) is 36.0 Å². The summed E-state index contributed by atoms with van der Waals surface area (Å²) in [5.41, 5.74) is 0.987. The minimum Gasteiger partial charge on any atom is -0.468 e. The van der Waals surface area contributed by atoms with Crippen LogP contribution in [-0.2, 0) is 9.53 Å². The van der Waals surface area contributed by atoms with Crippen molar-refractivity contribution < 1.29 is 9.53 Å². The van der Waals surface area contributed by atoms with Crippen LogP contribution in [0.4, 0.5) is 0 Å². The van der Waals surface area contributed by atoms with Crippen LogP contribution < -0.4 is 0 Å². The molecule has 1 saturated heterocycles. The fourth-order valence-electron chi connectivity index (χ4n) is 2.28. The largest absolute Gasteiger partial charge is 0.468 e. The molecule has 0 bridgehead atoms. The molecule has 0 radical (unpaired) electrons. The second-order valence-corrected chi connectivity index (χ2v) is 5.04. The van der Waals surface area contributed by atoms with Gasteiger partial charge in [0.2, 0.25) is 0 Å². The van der Waals surface area contributed by atoms with Gasteiger partial charge >= 0.3 is 5.97 Å². The molecule has 2 rings (SSSR count). The van der Waals surface area contributed by atoms with E-state index >= 15 is 0 Å². The van der Waals surface area contributed by atoms with Crippen LogP contribution in [0.15, 0.2) is 28.7 Å². The summed E-state index contributed by atoms with van der Waals surface area (Å²) in [5.74, 6) is -0.182. The summed E-state index contributed by atoms with van der Waals surface area (Å²) in [5, 5.41) is 0. The monoisotopic (exact) mass is 297 g/mol. The minimum absolute atomic E-state index is 0.182. The molecule has 1 heterocycles. The molecular weight excluding hydrogens is 282 g/mol. The van der Waals surface area contributed by atoms with Crippen molar-refractivity contribution in [3.05, 3.63) is 34.3 Å². The molecule has 17 heavy (non-hydrogen) atoms. The van der Waals surface area contributed by atoms with Crippen LogP contribution in [-0.4, -0.2) is 31.1 Å². The van der Waals surface area contributed by atoms with E-state index in [9.17, 15) is 4.79 Å². The van der Waals surface area contributed by atoms with E-state index in [-0.39, 0.29) is 12.0 Å². The Hall–Kier alpha value is -0.870. The topological polar surface area (TPSA) is 29.5 Å². The van der Waals surface area contributed by atoms with E-state index in [1.807, 2.05) is 24.3 Å². The number of halogens is 1. The highest BCUT2D eigenvalue weighted by atomic mass is 79.9. The fourth-order valence-corrected chi connectivity index (χ4v) is 2.78. The zero-order chi connectivity index (χ0) is 12.3.